The van der Waals surface area contributed by atoms with Crippen LogP contribution in [0.1, 0.15) is 63.4 Å². The van der Waals surface area contributed by atoms with E-state index in [-0.39, 0.29) is 35.5 Å². The molecule has 2 N–H and O–H groups in total. The molecule has 0 fully saturated rings. The summed E-state index contributed by atoms with van der Waals surface area (Å²) in [5.41, 5.74) is 1.68. The van der Waals surface area contributed by atoms with E-state index in [9.17, 15) is 14.4 Å². The van der Waals surface area contributed by atoms with Crippen molar-refractivity contribution in [2.75, 3.05) is 13.7 Å². The molecule has 1 unspecified atom stereocenters. The number of carbonyl (C=O) groups excluding carboxylic acids is 3. The monoisotopic (exact) mass is 376 g/mol. The first-order valence-corrected chi connectivity index (χ1v) is 9.32. The zero-order valence-corrected chi connectivity index (χ0v) is 17.2. The number of hydrogen-bond donors (Lipinski definition) is 2. The standard InChI is InChI=1S/C21H32N2O4/c1-14(2)18(20(26)22-13-7-8-17(24)27-6)23-19(25)15-9-11-16(12-10-15)21(3,4)5/h9-12,14,18H,7-8,13H2,1-6H3,(H,22,26)(H,23,25). The maximum atomic E-state index is 12.5. The fourth-order valence-electron chi connectivity index (χ4n) is 2.54. The zero-order valence-electron chi connectivity index (χ0n) is 17.2. The number of ether oxygens (including phenoxy) is 1. The van der Waals surface area contributed by atoms with Gasteiger partial charge in [0.1, 0.15) is 6.04 Å². The second-order valence-corrected chi connectivity index (χ2v) is 7.99. The van der Waals surface area contributed by atoms with Gasteiger partial charge in [0.2, 0.25) is 5.91 Å². The number of esters is 1. The molecule has 150 valence electrons. The average molecular weight is 376 g/mol. The number of methoxy groups -OCH3 is 1. The lowest BCUT2D eigenvalue weighted by molar-refractivity contribution is -0.140. The molecule has 0 heterocycles. The topological polar surface area (TPSA) is 84.5 Å². The van der Waals surface area contributed by atoms with Crippen molar-refractivity contribution in [1.29, 1.82) is 0 Å². The van der Waals surface area contributed by atoms with E-state index in [0.717, 1.165) is 5.56 Å². The van der Waals surface area contributed by atoms with E-state index in [1.807, 2.05) is 26.0 Å². The van der Waals surface area contributed by atoms with Crippen LogP contribution in [0.5, 0.6) is 0 Å². The second-order valence-electron chi connectivity index (χ2n) is 7.99. The zero-order chi connectivity index (χ0) is 20.6. The molecule has 1 aromatic carbocycles. The van der Waals surface area contributed by atoms with Gasteiger partial charge in [-0.25, -0.2) is 0 Å². The number of amides is 2. The van der Waals surface area contributed by atoms with Crippen molar-refractivity contribution in [2.24, 2.45) is 5.92 Å². The Morgan fingerprint density at radius 1 is 1.07 bits per heavy atom. The van der Waals surface area contributed by atoms with Crippen molar-refractivity contribution in [2.45, 2.75) is 58.9 Å². The van der Waals surface area contributed by atoms with Crippen LogP contribution in [0.4, 0.5) is 0 Å². The van der Waals surface area contributed by atoms with Gasteiger partial charge in [0.05, 0.1) is 7.11 Å². The van der Waals surface area contributed by atoms with Gasteiger partial charge in [0, 0.05) is 18.5 Å². The molecule has 0 aliphatic rings. The molecule has 27 heavy (non-hydrogen) atoms. The van der Waals surface area contributed by atoms with Gasteiger partial charge >= 0.3 is 5.97 Å². The minimum Gasteiger partial charge on any atom is -0.469 e. The maximum absolute atomic E-state index is 12.5. The second kappa shape index (κ2) is 10.1. The third kappa shape index (κ3) is 7.41. The van der Waals surface area contributed by atoms with Crippen molar-refractivity contribution in [3.05, 3.63) is 35.4 Å². The molecule has 1 aromatic rings. The molecule has 0 aromatic heterocycles. The van der Waals surface area contributed by atoms with Gasteiger partial charge in [0.25, 0.3) is 5.91 Å². The first-order chi connectivity index (χ1) is 12.6. The quantitative estimate of drug-likeness (QED) is 0.540. The fourth-order valence-corrected chi connectivity index (χ4v) is 2.54. The maximum Gasteiger partial charge on any atom is 0.305 e. The molecular weight excluding hydrogens is 344 g/mol. The van der Waals surface area contributed by atoms with E-state index >= 15 is 0 Å². The van der Waals surface area contributed by atoms with Crippen LogP contribution in [0.15, 0.2) is 24.3 Å². The van der Waals surface area contributed by atoms with Crippen LogP contribution in [-0.4, -0.2) is 37.5 Å². The first-order valence-electron chi connectivity index (χ1n) is 9.32. The molecule has 0 saturated carbocycles. The first kappa shape index (κ1) is 22.7. The van der Waals surface area contributed by atoms with Gasteiger partial charge in [-0.2, -0.15) is 0 Å². The molecule has 0 aliphatic heterocycles. The molecule has 1 rings (SSSR count). The number of nitrogens with one attached hydrogen (secondary N) is 2. The highest BCUT2D eigenvalue weighted by Gasteiger charge is 2.24. The van der Waals surface area contributed by atoms with Crippen LogP contribution in [0.2, 0.25) is 0 Å². The van der Waals surface area contributed by atoms with E-state index in [0.29, 0.717) is 18.5 Å². The summed E-state index contributed by atoms with van der Waals surface area (Å²) < 4.78 is 4.57. The van der Waals surface area contributed by atoms with Gasteiger partial charge < -0.3 is 15.4 Å². The Labute approximate surface area is 162 Å². The summed E-state index contributed by atoms with van der Waals surface area (Å²) in [4.78, 5) is 36.0. The van der Waals surface area contributed by atoms with Crippen LogP contribution in [0, 0.1) is 5.92 Å². The van der Waals surface area contributed by atoms with Crippen LogP contribution < -0.4 is 10.6 Å². The van der Waals surface area contributed by atoms with Gasteiger partial charge in [0.15, 0.2) is 0 Å². The summed E-state index contributed by atoms with van der Waals surface area (Å²) in [5.74, 6) is -0.909. The highest BCUT2D eigenvalue weighted by molar-refractivity contribution is 5.97. The van der Waals surface area contributed by atoms with Gasteiger partial charge in [-0.3, -0.25) is 14.4 Å². The SMILES string of the molecule is COC(=O)CCCNC(=O)C(NC(=O)c1ccc(C(C)(C)C)cc1)C(C)C. The normalized spacial score (nSPS) is 12.4. The van der Waals surface area contributed by atoms with Crippen molar-refractivity contribution in [3.63, 3.8) is 0 Å². The van der Waals surface area contributed by atoms with E-state index < -0.39 is 6.04 Å². The number of benzene rings is 1. The van der Waals surface area contributed by atoms with Crippen molar-refractivity contribution < 1.29 is 19.1 Å². The Kier molecular flexibility index (Phi) is 8.47. The van der Waals surface area contributed by atoms with Gasteiger partial charge in [-0.1, -0.05) is 46.8 Å². The van der Waals surface area contributed by atoms with Crippen LogP contribution in [0.3, 0.4) is 0 Å². The molecule has 0 spiro atoms. The molecule has 6 nitrogen and oxygen atoms in total. The van der Waals surface area contributed by atoms with E-state index in [4.69, 9.17) is 0 Å². The summed E-state index contributed by atoms with van der Waals surface area (Å²) >= 11 is 0. The minimum absolute atomic E-state index is 0.0135. The predicted octanol–water partition coefficient (Wildman–Crippen LogP) is 2.81. The minimum atomic E-state index is -0.641. The Bertz CT molecular complexity index is 645. The summed E-state index contributed by atoms with van der Waals surface area (Å²) in [6.45, 7) is 10.4. The lowest BCUT2D eigenvalue weighted by Crippen LogP contribution is -2.49. The van der Waals surface area contributed by atoms with Crippen molar-refractivity contribution in [1.82, 2.24) is 10.6 Å². The van der Waals surface area contributed by atoms with Crippen molar-refractivity contribution >= 4 is 17.8 Å². The molecule has 0 aliphatic carbocycles. The van der Waals surface area contributed by atoms with Crippen molar-refractivity contribution in [3.8, 4) is 0 Å². The smallest absolute Gasteiger partial charge is 0.305 e. The van der Waals surface area contributed by atoms with E-state index in [1.165, 1.54) is 7.11 Å². The Balaban J connectivity index is 2.66. The molecule has 6 heteroatoms. The van der Waals surface area contributed by atoms with Crippen LogP contribution in [-0.2, 0) is 19.7 Å². The fraction of sp³-hybridized carbons (Fsp3) is 0.571. The molecule has 2 amide bonds. The van der Waals surface area contributed by atoms with Crippen LogP contribution >= 0.6 is 0 Å². The lowest BCUT2D eigenvalue weighted by Gasteiger charge is -2.22. The van der Waals surface area contributed by atoms with Gasteiger partial charge in [-0.05, 0) is 35.4 Å². The highest BCUT2D eigenvalue weighted by atomic mass is 16.5. The lowest BCUT2D eigenvalue weighted by atomic mass is 9.86. The number of hydrogen-bond acceptors (Lipinski definition) is 4. The largest absolute Gasteiger partial charge is 0.469 e. The van der Waals surface area contributed by atoms with E-state index in [2.05, 4.69) is 36.1 Å². The molecular formula is C21H32N2O4. The summed E-state index contributed by atoms with van der Waals surface area (Å²) in [6.07, 6.45) is 0.737. The Morgan fingerprint density at radius 3 is 2.15 bits per heavy atom. The predicted molar refractivity (Wildman–Crippen MR) is 105 cm³/mol. The average Bonchev–Trinajstić information content (AvgIpc) is 2.61. The Hall–Kier alpha value is -2.37. The molecule has 0 saturated heterocycles. The highest BCUT2D eigenvalue weighted by Crippen LogP contribution is 2.22. The third-order valence-electron chi connectivity index (χ3n) is 4.33. The molecule has 0 radical (unpaired) electrons. The van der Waals surface area contributed by atoms with Gasteiger partial charge in [-0.15, -0.1) is 0 Å². The number of carbonyl (C=O) groups is 3. The molecule has 1 atom stereocenters. The van der Waals surface area contributed by atoms with E-state index in [1.54, 1.807) is 12.1 Å². The summed E-state index contributed by atoms with van der Waals surface area (Å²) in [6, 6.07) is 6.79. The van der Waals surface area contributed by atoms with Crippen LogP contribution in [0.25, 0.3) is 0 Å². The third-order valence-corrected chi connectivity index (χ3v) is 4.33. The number of rotatable bonds is 8. The summed E-state index contributed by atoms with van der Waals surface area (Å²) in [5, 5.41) is 5.58. The molecule has 0 bridgehead atoms. The Morgan fingerprint density at radius 2 is 1.67 bits per heavy atom. The summed E-state index contributed by atoms with van der Waals surface area (Å²) in [7, 11) is 1.33.